The molecule has 1 aromatic heterocycles. The molecule has 0 bridgehead atoms. The van der Waals surface area contributed by atoms with Gasteiger partial charge in [-0.3, -0.25) is 0 Å². The van der Waals surface area contributed by atoms with Crippen molar-refractivity contribution in [2.45, 2.75) is 6.42 Å². The number of para-hydroxylation sites is 1. The summed E-state index contributed by atoms with van der Waals surface area (Å²) in [5.74, 6) is -0.562. The van der Waals surface area contributed by atoms with Crippen molar-refractivity contribution in [2.24, 2.45) is 0 Å². The zero-order chi connectivity index (χ0) is 23.8. The fourth-order valence-electron chi connectivity index (χ4n) is 3.97. The summed E-state index contributed by atoms with van der Waals surface area (Å²) in [6.07, 6.45) is 2.52. The van der Waals surface area contributed by atoms with Crippen LogP contribution >= 0.6 is 39.1 Å². The molecule has 0 aliphatic carbocycles. The van der Waals surface area contributed by atoms with E-state index in [1.807, 2.05) is 42.6 Å². The maximum absolute atomic E-state index is 11.1. The summed E-state index contributed by atoms with van der Waals surface area (Å²) in [5, 5.41) is 13.5. The van der Waals surface area contributed by atoms with E-state index < -0.39 is 5.97 Å². The second kappa shape index (κ2) is 9.25. The maximum Gasteiger partial charge on any atom is 0.335 e. The van der Waals surface area contributed by atoms with Crippen LogP contribution in [0.25, 0.3) is 11.3 Å². The van der Waals surface area contributed by atoms with E-state index in [0.717, 1.165) is 32.7 Å². The van der Waals surface area contributed by atoms with Crippen LogP contribution in [0.1, 0.15) is 15.9 Å². The van der Waals surface area contributed by atoms with Crippen molar-refractivity contribution < 1.29 is 9.90 Å². The quantitative estimate of drug-likeness (QED) is 0.274. The fraction of sp³-hybridized carbons (Fsp3) is 0.0800. The van der Waals surface area contributed by atoms with E-state index in [2.05, 4.69) is 31.1 Å². The Labute approximate surface area is 214 Å². The molecule has 9 heteroatoms. The van der Waals surface area contributed by atoms with E-state index in [1.165, 1.54) is 12.1 Å². The van der Waals surface area contributed by atoms with Crippen molar-refractivity contribution in [1.29, 1.82) is 0 Å². The number of hydrogen-bond donors (Lipinski definition) is 2. The molecule has 0 unspecified atom stereocenters. The van der Waals surface area contributed by atoms with Crippen LogP contribution in [0.5, 0.6) is 0 Å². The van der Waals surface area contributed by atoms with E-state index in [9.17, 15) is 4.79 Å². The van der Waals surface area contributed by atoms with Crippen molar-refractivity contribution in [3.8, 4) is 11.3 Å². The van der Waals surface area contributed by atoms with Gasteiger partial charge in [0.2, 0.25) is 5.95 Å². The number of halogens is 3. The molecular formula is C25H17BrCl2N4O2. The molecule has 4 aromatic rings. The molecule has 6 nitrogen and oxygen atoms in total. The van der Waals surface area contributed by atoms with Crippen molar-refractivity contribution in [3.63, 3.8) is 0 Å². The van der Waals surface area contributed by atoms with Crippen LogP contribution in [0.2, 0.25) is 10.0 Å². The van der Waals surface area contributed by atoms with E-state index in [-0.39, 0.29) is 5.56 Å². The monoisotopic (exact) mass is 554 g/mol. The molecule has 0 radical (unpaired) electrons. The molecule has 0 saturated carbocycles. The van der Waals surface area contributed by atoms with Crippen LogP contribution in [0, 0.1) is 0 Å². The molecular weight excluding hydrogens is 539 g/mol. The number of carboxylic acids is 1. The zero-order valence-corrected chi connectivity index (χ0v) is 20.7. The molecule has 1 aliphatic rings. The number of fused-ring (bicyclic) bond motifs is 3. The van der Waals surface area contributed by atoms with Gasteiger partial charge in [0.15, 0.2) is 0 Å². The molecule has 0 saturated heterocycles. The molecule has 2 N–H and O–H groups in total. The van der Waals surface area contributed by atoms with Crippen LogP contribution in [0.4, 0.5) is 23.0 Å². The minimum atomic E-state index is -0.974. The molecule has 0 spiro atoms. The molecule has 2 heterocycles. The summed E-state index contributed by atoms with van der Waals surface area (Å²) in [4.78, 5) is 22.6. The Morgan fingerprint density at radius 2 is 1.88 bits per heavy atom. The average Bonchev–Trinajstić information content (AvgIpc) is 2.96. The number of aromatic carboxylic acids is 1. The van der Waals surface area contributed by atoms with Gasteiger partial charge in [-0.05, 0) is 82.5 Å². The van der Waals surface area contributed by atoms with Gasteiger partial charge in [-0.2, -0.15) is 0 Å². The lowest BCUT2D eigenvalue weighted by Crippen LogP contribution is -2.20. The van der Waals surface area contributed by atoms with Gasteiger partial charge in [0, 0.05) is 33.5 Å². The van der Waals surface area contributed by atoms with Gasteiger partial charge in [0.1, 0.15) is 0 Å². The lowest BCUT2D eigenvalue weighted by atomic mass is 10.1. The van der Waals surface area contributed by atoms with Gasteiger partial charge in [0.05, 0.1) is 27.7 Å². The number of aromatic nitrogens is 2. The van der Waals surface area contributed by atoms with Crippen molar-refractivity contribution in [2.75, 3.05) is 16.8 Å². The number of anilines is 4. The lowest BCUT2D eigenvalue weighted by molar-refractivity contribution is 0.0697. The predicted molar refractivity (Wildman–Crippen MR) is 139 cm³/mol. The highest BCUT2D eigenvalue weighted by Crippen LogP contribution is 2.45. The van der Waals surface area contributed by atoms with E-state index in [1.54, 1.807) is 12.1 Å². The minimum absolute atomic E-state index is 0.213. The number of carbonyl (C=O) groups is 1. The Kier molecular flexibility index (Phi) is 6.16. The number of rotatable bonds is 4. The standard InChI is InChI=1S/C25H17BrCl2N4O2/c26-19-2-1-3-20(28)23(19)32-11-10-15-13-29-25(30-17-7-4-14(5-8-17)24(33)34)31-22(15)18-9-6-16(27)12-21(18)32/h1-9,12-13H,10-11H2,(H,33,34)(H,29,30,31). The Morgan fingerprint density at radius 1 is 1.09 bits per heavy atom. The Morgan fingerprint density at radius 3 is 2.62 bits per heavy atom. The molecule has 34 heavy (non-hydrogen) atoms. The van der Waals surface area contributed by atoms with E-state index in [0.29, 0.717) is 34.6 Å². The number of hydrogen-bond acceptors (Lipinski definition) is 5. The highest BCUT2D eigenvalue weighted by Gasteiger charge is 2.25. The van der Waals surface area contributed by atoms with Crippen LogP contribution in [0.15, 0.2) is 71.3 Å². The molecule has 170 valence electrons. The topological polar surface area (TPSA) is 78.3 Å². The molecule has 0 fully saturated rings. The van der Waals surface area contributed by atoms with Gasteiger partial charge >= 0.3 is 5.97 Å². The molecule has 0 atom stereocenters. The van der Waals surface area contributed by atoms with Crippen molar-refractivity contribution >= 4 is 68.1 Å². The predicted octanol–water partition coefficient (Wildman–Crippen LogP) is 7.35. The van der Waals surface area contributed by atoms with Gasteiger partial charge in [-0.15, -0.1) is 0 Å². The molecule has 3 aromatic carbocycles. The Bertz CT molecular complexity index is 1390. The van der Waals surface area contributed by atoms with Crippen LogP contribution in [-0.4, -0.2) is 27.6 Å². The third kappa shape index (κ3) is 4.34. The highest BCUT2D eigenvalue weighted by molar-refractivity contribution is 9.10. The summed E-state index contributed by atoms with van der Waals surface area (Å²) in [7, 11) is 0. The summed E-state index contributed by atoms with van der Waals surface area (Å²) in [6.45, 7) is 0.662. The van der Waals surface area contributed by atoms with Gasteiger partial charge in [0.25, 0.3) is 0 Å². The van der Waals surface area contributed by atoms with Crippen molar-refractivity contribution in [3.05, 3.63) is 92.5 Å². The number of carboxylic acid groups (broad SMARTS) is 1. The number of benzene rings is 3. The highest BCUT2D eigenvalue weighted by atomic mass is 79.9. The fourth-order valence-corrected chi connectivity index (χ4v) is 5.11. The summed E-state index contributed by atoms with van der Waals surface area (Å²) in [5.41, 5.74) is 5.38. The second-order valence-electron chi connectivity index (χ2n) is 7.71. The second-order valence-corrected chi connectivity index (χ2v) is 9.41. The summed E-state index contributed by atoms with van der Waals surface area (Å²) in [6, 6.07) is 17.9. The zero-order valence-electron chi connectivity index (χ0n) is 17.6. The third-order valence-electron chi connectivity index (χ3n) is 5.57. The smallest absolute Gasteiger partial charge is 0.335 e. The first-order valence-corrected chi connectivity index (χ1v) is 11.9. The van der Waals surface area contributed by atoms with Gasteiger partial charge < -0.3 is 15.3 Å². The Hall–Kier alpha value is -3.13. The van der Waals surface area contributed by atoms with Crippen LogP contribution in [0.3, 0.4) is 0 Å². The molecule has 0 amide bonds. The largest absolute Gasteiger partial charge is 0.478 e. The normalized spacial score (nSPS) is 12.5. The van der Waals surface area contributed by atoms with Gasteiger partial charge in [-0.25, -0.2) is 14.8 Å². The average molecular weight is 556 g/mol. The summed E-state index contributed by atoms with van der Waals surface area (Å²) >= 11 is 16.6. The molecule has 5 rings (SSSR count). The van der Waals surface area contributed by atoms with Gasteiger partial charge in [-0.1, -0.05) is 29.3 Å². The lowest BCUT2D eigenvalue weighted by Gasteiger charge is -2.27. The Balaban J connectivity index is 1.57. The van der Waals surface area contributed by atoms with Crippen LogP contribution in [-0.2, 0) is 6.42 Å². The minimum Gasteiger partial charge on any atom is -0.478 e. The number of nitrogens with zero attached hydrogens (tertiary/aromatic N) is 3. The number of nitrogens with one attached hydrogen (secondary N) is 1. The van der Waals surface area contributed by atoms with E-state index >= 15 is 0 Å². The first-order valence-electron chi connectivity index (χ1n) is 10.4. The maximum atomic E-state index is 11.1. The van der Waals surface area contributed by atoms with Crippen LogP contribution < -0.4 is 10.2 Å². The first kappa shape index (κ1) is 22.7. The first-order chi connectivity index (χ1) is 16.4. The molecule has 1 aliphatic heterocycles. The summed E-state index contributed by atoms with van der Waals surface area (Å²) < 4.78 is 0.884. The van der Waals surface area contributed by atoms with Crippen molar-refractivity contribution in [1.82, 2.24) is 9.97 Å². The SMILES string of the molecule is O=C(O)c1ccc(Nc2ncc3c(n2)-c2ccc(Cl)cc2N(c2c(Cl)cccc2Br)CC3)cc1. The van der Waals surface area contributed by atoms with E-state index in [4.69, 9.17) is 33.3 Å². The third-order valence-corrected chi connectivity index (χ3v) is 6.75.